The minimum absolute atomic E-state index is 0.359. The van der Waals surface area contributed by atoms with Gasteiger partial charge in [-0.2, -0.15) is 0 Å². The number of amides is 1. The predicted molar refractivity (Wildman–Crippen MR) is 64.1 cm³/mol. The Bertz CT molecular complexity index is 321. The van der Waals surface area contributed by atoms with Gasteiger partial charge in [0.25, 0.3) is 0 Å². The molecule has 0 aromatic heterocycles. The molecule has 0 radical (unpaired) electrons. The average Bonchev–Trinajstić information content (AvgIpc) is 2.16. The van der Waals surface area contributed by atoms with Crippen LogP contribution in [0.3, 0.4) is 0 Å². The zero-order valence-corrected chi connectivity index (χ0v) is 9.97. The standard InChI is InChI=1S/C9H13NO2P2/c11-5-9(12)10-4-6-7(13)2-1-3-8(6)14/h1-3,11H,4-5,13-14H2,(H,10,12). The number of aliphatic hydroxyl groups is 1. The number of nitrogens with one attached hydrogen (secondary N) is 1. The maximum absolute atomic E-state index is 10.8. The van der Waals surface area contributed by atoms with Gasteiger partial charge in [-0.25, -0.2) is 0 Å². The van der Waals surface area contributed by atoms with Crippen molar-refractivity contribution in [2.24, 2.45) is 0 Å². The minimum atomic E-state index is -0.467. The van der Waals surface area contributed by atoms with Crippen molar-refractivity contribution in [1.82, 2.24) is 5.32 Å². The second kappa shape index (κ2) is 5.41. The first kappa shape index (κ1) is 11.6. The lowest BCUT2D eigenvalue weighted by molar-refractivity contribution is -0.123. The normalized spacial score (nSPS) is 9.93. The molecular weight excluding hydrogens is 216 g/mol. The van der Waals surface area contributed by atoms with E-state index in [4.69, 9.17) is 5.11 Å². The van der Waals surface area contributed by atoms with Gasteiger partial charge >= 0.3 is 0 Å². The summed E-state index contributed by atoms with van der Waals surface area (Å²) in [5.74, 6) is -0.359. The highest BCUT2D eigenvalue weighted by atomic mass is 31.0. The third-order valence-corrected chi connectivity index (χ3v) is 2.94. The Morgan fingerprint density at radius 2 is 1.93 bits per heavy atom. The summed E-state index contributed by atoms with van der Waals surface area (Å²) in [5.41, 5.74) is 1.05. The van der Waals surface area contributed by atoms with Crippen molar-refractivity contribution in [2.45, 2.75) is 6.54 Å². The summed E-state index contributed by atoms with van der Waals surface area (Å²) in [4.78, 5) is 10.8. The highest BCUT2D eigenvalue weighted by Gasteiger charge is 2.03. The van der Waals surface area contributed by atoms with Crippen LogP contribution in [0.15, 0.2) is 18.2 Å². The molecule has 0 bridgehead atoms. The molecule has 1 rings (SSSR count). The zero-order valence-electron chi connectivity index (χ0n) is 7.66. The number of hydrogen-bond acceptors (Lipinski definition) is 2. The van der Waals surface area contributed by atoms with Gasteiger partial charge in [0.1, 0.15) is 6.61 Å². The first-order chi connectivity index (χ1) is 6.65. The van der Waals surface area contributed by atoms with Crippen LogP contribution in [0.5, 0.6) is 0 Å². The molecule has 1 aromatic rings. The Morgan fingerprint density at radius 3 is 2.43 bits per heavy atom. The topological polar surface area (TPSA) is 49.3 Å². The Hall–Kier alpha value is -0.490. The first-order valence-electron chi connectivity index (χ1n) is 4.15. The molecule has 1 amide bonds. The summed E-state index contributed by atoms with van der Waals surface area (Å²) in [5, 5.41) is 13.2. The number of rotatable bonds is 3. The molecule has 0 fully saturated rings. The molecule has 1 aromatic carbocycles. The first-order valence-corrected chi connectivity index (χ1v) is 5.31. The maximum atomic E-state index is 10.8. The van der Waals surface area contributed by atoms with Crippen LogP contribution in [0.2, 0.25) is 0 Å². The molecule has 76 valence electrons. The summed E-state index contributed by atoms with van der Waals surface area (Å²) in [6.07, 6.45) is 0. The van der Waals surface area contributed by atoms with Gasteiger partial charge < -0.3 is 10.4 Å². The van der Waals surface area contributed by atoms with Crippen molar-refractivity contribution in [1.29, 1.82) is 0 Å². The van der Waals surface area contributed by atoms with Gasteiger partial charge in [0, 0.05) is 6.54 Å². The molecule has 2 unspecified atom stereocenters. The summed E-state index contributed by atoms with van der Waals surface area (Å²) >= 11 is 0. The fraction of sp³-hybridized carbons (Fsp3) is 0.222. The lowest BCUT2D eigenvalue weighted by Crippen LogP contribution is -2.29. The molecule has 0 spiro atoms. The summed E-state index contributed by atoms with van der Waals surface area (Å²) in [7, 11) is 5.23. The van der Waals surface area contributed by atoms with E-state index in [1.807, 2.05) is 18.2 Å². The molecule has 2 N–H and O–H groups in total. The summed E-state index contributed by atoms with van der Waals surface area (Å²) in [6.45, 7) is -0.0247. The van der Waals surface area contributed by atoms with Gasteiger partial charge in [-0.15, -0.1) is 18.5 Å². The number of carbonyl (C=O) groups excluding carboxylic acids is 1. The van der Waals surface area contributed by atoms with Crippen molar-refractivity contribution in [3.8, 4) is 0 Å². The SMILES string of the molecule is O=C(CO)NCc1c(P)cccc1P. The number of benzene rings is 1. The van der Waals surface area contributed by atoms with Gasteiger partial charge in [0.05, 0.1) is 0 Å². The monoisotopic (exact) mass is 229 g/mol. The molecular formula is C9H13NO2P2. The van der Waals surface area contributed by atoms with E-state index in [9.17, 15) is 4.79 Å². The maximum Gasteiger partial charge on any atom is 0.245 e. The van der Waals surface area contributed by atoms with E-state index in [1.54, 1.807) is 0 Å². The number of hydrogen-bond donors (Lipinski definition) is 2. The Balaban J connectivity index is 2.71. The molecule has 14 heavy (non-hydrogen) atoms. The second-order valence-electron chi connectivity index (χ2n) is 2.85. The van der Waals surface area contributed by atoms with Crippen molar-refractivity contribution >= 4 is 35.0 Å². The van der Waals surface area contributed by atoms with E-state index in [1.165, 1.54) is 0 Å². The minimum Gasteiger partial charge on any atom is -0.387 e. The van der Waals surface area contributed by atoms with Gasteiger partial charge in [-0.05, 0) is 16.2 Å². The molecule has 0 aliphatic rings. The number of carbonyl (C=O) groups is 1. The fourth-order valence-corrected chi connectivity index (χ4v) is 2.00. The van der Waals surface area contributed by atoms with E-state index in [0.717, 1.165) is 16.2 Å². The van der Waals surface area contributed by atoms with Crippen LogP contribution in [-0.4, -0.2) is 17.6 Å². The van der Waals surface area contributed by atoms with E-state index >= 15 is 0 Å². The average molecular weight is 229 g/mol. The molecule has 0 heterocycles. The quantitative estimate of drug-likeness (QED) is 0.673. The van der Waals surface area contributed by atoms with Crippen molar-refractivity contribution in [3.05, 3.63) is 23.8 Å². The third kappa shape index (κ3) is 3.02. The van der Waals surface area contributed by atoms with E-state index < -0.39 is 6.61 Å². The Kier molecular flexibility index (Phi) is 4.47. The van der Waals surface area contributed by atoms with Crippen LogP contribution in [0.4, 0.5) is 0 Å². The number of aliphatic hydroxyl groups excluding tert-OH is 1. The summed E-state index contributed by atoms with van der Waals surface area (Å²) < 4.78 is 0. The molecule has 0 aliphatic heterocycles. The second-order valence-corrected chi connectivity index (χ2v) is 4.09. The lowest BCUT2D eigenvalue weighted by atomic mass is 10.2. The third-order valence-electron chi connectivity index (χ3n) is 1.85. The predicted octanol–water partition coefficient (Wildman–Crippen LogP) is -0.704. The van der Waals surface area contributed by atoms with Crippen LogP contribution < -0.4 is 15.9 Å². The van der Waals surface area contributed by atoms with Crippen LogP contribution in [0.25, 0.3) is 0 Å². The molecule has 0 aliphatic carbocycles. The van der Waals surface area contributed by atoms with E-state index in [-0.39, 0.29) is 5.91 Å². The molecule has 3 nitrogen and oxygen atoms in total. The molecule has 0 saturated carbocycles. The van der Waals surface area contributed by atoms with Crippen molar-refractivity contribution < 1.29 is 9.90 Å². The van der Waals surface area contributed by atoms with Crippen LogP contribution >= 0.6 is 18.5 Å². The smallest absolute Gasteiger partial charge is 0.245 e. The Labute approximate surface area is 87.7 Å². The van der Waals surface area contributed by atoms with E-state index in [0.29, 0.717) is 6.54 Å². The molecule has 2 atom stereocenters. The molecule has 0 saturated heterocycles. The van der Waals surface area contributed by atoms with Crippen LogP contribution in [0.1, 0.15) is 5.56 Å². The summed E-state index contributed by atoms with van der Waals surface area (Å²) in [6, 6.07) is 5.86. The van der Waals surface area contributed by atoms with Gasteiger partial charge in [-0.1, -0.05) is 18.2 Å². The van der Waals surface area contributed by atoms with E-state index in [2.05, 4.69) is 23.8 Å². The van der Waals surface area contributed by atoms with Crippen LogP contribution in [-0.2, 0) is 11.3 Å². The van der Waals surface area contributed by atoms with Gasteiger partial charge in [-0.3, -0.25) is 4.79 Å². The Morgan fingerprint density at radius 1 is 1.36 bits per heavy atom. The fourth-order valence-electron chi connectivity index (χ4n) is 1.07. The van der Waals surface area contributed by atoms with Gasteiger partial charge in [0.15, 0.2) is 0 Å². The van der Waals surface area contributed by atoms with Crippen LogP contribution in [0, 0.1) is 0 Å². The van der Waals surface area contributed by atoms with Gasteiger partial charge in [0.2, 0.25) is 5.91 Å². The lowest BCUT2D eigenvalue weighted by Gasteiger charge is -2.09. The van der Waals surface area contributed by atoms with Crippen molar-refractivity contribution in [3.63, 3.8) is 0 Å². The largest absolute Gasteiger partial charge is 0.387 e. The molecule has 5 heteroatoms. The zero-order chi connectivity index (χ0) is 10.6. The van der Waals surface area contributed by atoms with Crippen molar-refractivity contribution in [2.75, 3.05) is 6.61 Å². The highest BCUT2D eigenvalue weighted by Crippen LogP contribution is 2.01. The highest BCUT2D eigenvalue weighted by molar-refractivity contribution is 7.29.